The molecule has 3 aliphatic rings. The van der Waals surface area contributed by atoms with Gasteiger partial charge in [-0.25, -0.2) is 0 Å². The molecule has 1 fully saturated rings. The van der Waals surface area contributed by atoms with Crippen LogP contribution in [0.15, 0.2) is 48.5 Å². The molecule has 1 saturated carbocycles. The number of hydroxylamine groups is 2. The molecule has 0 saturated heterocycles. The summed E-state index contributed by atoms with van der Waals surface area (Å²) in [7, 11) is 0. The van der Waals surface area contributed by atoms with E-state index in [-0.39, 0.29) is 5.78 Å². The second kappa shape index (κ2) is 5.67. The fraction of sp³-hybridized carbons (Fsp3) is 0.292. The molecule has 1 aliphatic heterocycles. The molecule has 0 aromatic heterocycles. The fourth-order valence-electron chi connectivity index (χ4n) is 5.16. The van der Waals surface area contributed by atoms with Crippen LogP contribution in [0, 0.1) is 0 Å². The van der Waals surface area contributed by atoms with Crippen molar-refractivity contribution in [2.24, 2.45) is 0 Å². The van der Waals surface area contributed by atoms with Crippen molar-refractivity contribution in [3.8, 4) is 16.9 Å². The Kier molecular flexibility index (Phi) is 3.24. The van der Waals surface area contributed by atoms with Crippen molar-refractivity contribution in [2.75, 3.05) is 0 Å². The molecule has 0 bridgehead atoms. The molecule has 27 heavy (non-hydrogen) atoms. The van der Waals surface area contributed by atoms with Gasteiger partial charge in [-0.15, -0.1) is 5.06 Å². The molecular weight excluding hydrogens is 334 g/mol. The minimum atomic E-state index is 0.150. The summed E-state index contributed by atoms with van der Waals surface area (Å²) in [4.78, 5) is 19.7. The van der Waals surface area contributed by atoms with Gasteiger partial charge in [-0.05, 0) is 23.8 Å². The van der Waals surface area contributed by atoms with Gasteiger partial charge in [0.05, 0.1) is 6.54 Å². The molecule has 0 radical (unpaired) electrons. The van der Waals surface area contributed by atoms with Crippen LogP contribution in [0.4, 0.5) is 0 Å². The lowest BCUT2D eigenvalue weighted by Gasteiger charge is -2.29. The normalized spacial score (nSPS) is 19.0. The number of ketones is 1. The standard InChI is InChI=1S/C24H21NO2/c26-23-18-12-6-4-10-16(18)21-17-11-5-7-13-19(17)24-20(22(21)23)14-25(27-24)15-8-2-1-3-9-15/h4-7,10-13,15H,1-3,8-9,14H2. The van der Waals surface area contributed by atoms with Gasteiger partial charge in [0.1, 0.15) is 0 Å². The Labute approximate surface area is 158 Å². The highest BCUT2D eigenvalue weighted by Gasteiger charge is 2.39. The maximum Gasteiger partial charge on any atom is 0.194 e. The monoisotopic (exact) mass is 355 g/mol. The van der Waals surface area contributed by atoms with Crippen LogP contribution in [0.25, 0.3) is 21.9 Å². The number of benzene rings is 3. The van der Waals surface area contributed by atoms with Crippen LogP contribution < -0.4 is 4.84 Å². The SMILES string of the molecule is O=C1c2ccccc2-c2c1c1c(c3ccccc23)ON(C2CCCCC2)C1. The van der Waals surface area contributed by atoms with Crippen LogP contribution in [-0.4, -0.2) is 16.9 Å². The van der Waals surface area contributed by atoms with E-state index in [0.29, 0.717) is 12.6 Å². The van der Waals surface area contributed by atoms with Crippen LogP contribution >= 0.6 is 0 Å². The Morgan fingerprint density at radius 3 is 2.33 bits per heavy atom. The Morgan fingerprint density at radius 1 is 0.815 bits per heavy atom. The van der Waals surface area contributed by atoms with E-state index >= 15 is 0 Å². The van der Waals surface area contributed by atoms with E-state index < -0.39 is 0 Å². The molecule has 0 atom stereocenters. The van der Waals surface area contributed by atoms with E-state index in [1.165, 1.54) is 32.1 Å². The van der Waals surface area contributed by atoms with Gasteiger partial charge in [0, 0.05) is 33.7 Å². The second-order valence-electron chi connectivity index (χ2n) is 7.94. The second-order valence-corrected chi connectivity index (χ2v) is 7.94. The van der Waals surface area contributed by atoms with Gasteiger partial charge in [-0.2, -0.15) is 0 Å². The maximum absolute atomic E-state index is 13.3. The zero-order valence-corrected chi connectivity index (χ0v) is 15.2. The van der Waals surface area contributed by atoms with Gasteiger partial charge < -0.3 is 4.84 Å². The van der Waals surface area contributed by atoms with Crippen molar-refractivity contribution in [3.05, 3.63) is 65.2 Å². The van der Waals surface area contributed by atoms with E-state index in [1.54, 1.807) is 0 Å². The van der Waals surface area contributed by atoms with Crippen molar-refractivity contribution in [1.82, 2.24) is 5.06 Å². The van der Waals surface area contributed by atoms with E-state index in [1.807, 2.05) is 24.3 Å². The first kappa shape index (κ1) is 15.4. The van der Waals surface area contributed by atoms with Crippen molar-refractivity contribution >= 4 is 16.6 Å². The zero-order valence-electron chi connectivity index (χ0n) is 15.2. The molecule has 1 heterocycles. The van der Waals surface area contributed by atoms with Crippen LogP contribution in [0.2, 0.25) is 0 Å². The summed E-state index contributed by atoms with van der Waals surface area (Å²) >= 11 is 0. The summed E-state index contributed by atoms with van der Waals surface area (Å²) in [6, 6.07) is 16.8. The number of carbonyl (C=O) groups is 1. The highest BCUT2D eigenvalue weighted by molar-refractivity contribution is 6.27. The fourth-order valence-corrected chi connectivity index (χ4v) is 5.16. The van der Waals surface area contributed by atoms with Crippen molar-refractivity contribution in [2.45, 2.75) is 44.7 Å². The number of nitrogens with zero attached hydrogens (tertiary/aromatic N) is 1. The third kappa shape index (κ3) is 2.09. The Morgan fingerprint density at radius 2 is 1.52 bits per heavy atom. The highest BCUT2D eigenvalue weighted by atomic mass is 16.7. The lowest BCUT2D eigenvalue weighted by atomic mass is 9.92. The largest absolute Gasteiger partial charge is 0.404 e. The number of carbonyl (C=O) groups excluding carboxylic acids is 1. The van der Waals surface area contributed by atoms with Crippen LogP contribution in [-0.2, 0) is 6.54 Å². The van der Waals surface area contributed by atoms with Crippen molar-refractivity contribution < 1.29 is 9.63 Å². The van der Waals surface area contributed by atoms with Gasteiger partial charge in [0.15, 0.2) is 11.5 Å². The first-order valence-electron chi connectivity index (χ1n) is 9.99. The number of rotatable bonds is 1. The van der Waals surface area contributed by atoms with E-state index in [2.05, 4.69) is 29.3 Å². The summed E-state index contributed by atoms with van der Waals surface area (Å²) in [5.41, 5.74) is 4.92. The Hall–Kier alpha value is -2.65. The summed E-state index contributed by atoms with van der Waals surface area (Å²) in [6.07, 6.45) is 6.22. The highest BCUT2D eigenvalue weighted by Crippen LogP contribution is 2.50. The summed E-state index contributed by atoms with van der Waals surface area (Å²) in [6.45, 7) is 0.715. The van der Waals surface area contributed by atoms with Gasteiger partial charge in [-0.1, -0.05) is 67.8 Å². The molecule has 0 amide bonds. The number of fused-ring (bicyclic) bond motifs is 8. The average Bonchev–Trinajstić information content (AvgIpc) is 3.30. The van der Waals surface area contributed by atoms with E-state index in [0.717, 1.165) is 44.3 Å². The molecule has 0 spiro atoms. The predicted molar refractivity (Wildman–Crippen MR) is 106 cm³/mol. The molecule has 134 valence electrons. The Balaban J connectivity index is 1.59. The third-order valence-corrected chi connectivity index (χ3v) is 6.44. The molecule has 2 aliphatic carbocycles. The number of hydrogen-bond acceptors (Lipinski definition) is 3. The lowest BCUT2D eigenvalue weighted by Crippen LogP contribution is -2.35. The maximum atomic E-state index is 13.3. The summed E-state index contributed by atoms with van der Waals surface area (Å²) in [5, 5.41) is 4.39. The smallest absolute Gasteiger partial charge is 0.194 e. The molecule has 6 rings (SSSR count). The van der Waals surface area contributed by atoms with Crippen LogP contribution in [0.1, 0.15) is 53.6 Å². The number of hydrogen-bond donors (Lipinski definition) is 0. The quantitative estimate of drug-likeness (QED) is 0.452. The molecule has 3 aromatic rings. The van der Waals surface area contributed by atoms with Crippen LogP contribution in [0.5, 0.6) is 5.75 Å². The first-order valence-corrected chi connectivity index (χ1v) is 9.99. The van der Waals surface area contributed by atoms with E-state index in [4.69, 9.17) is 4.84 Å². The molecule has 3 heteroatoms. The lowest BCUT2D eigenvalue weighted by molar-refractivity contribution is -0.0909. The van der Waals surface area contributed by atoms with Crippen molar-refractivity contribution in [1.29, 1.82) is 0 Å². The van der Waals surface area contributed by atoms with Crippen LogP contribution in [0.3, 0.4) is 0 Å². The third-order valence-electron chi connectivity index (χ3n) is 6.44. The zero-order chi connectivity index (χ0) is 18.0. The summed E-state index contributed by atoms with van der Waals surface area (Å²) in [5.74, 6) is 1.05. The van der Waals surface area contributed by atoms with Gasteiger partial charge in [-0.3, -0.25) is 4.79 Å². The van der Waals surface area contributed by atoms with Gasteiger partial charge in [0.2, 0.25) is 0 Å². The summed E-state index contributed by atoms with van der Waals surface area (Å²) < 4.78 is 0. The molecule has 0 N–H and O–H groups in total. The molecule has 3 nitrogen and oxygen atoms in total. The molecular formula is C24H21NO2. The molecule has 0 unspecified atom stereocenters. The average molecular weight is 355 g/mol. The van der Waals surface area contributed by atoms with Crippen molar-refractivity contribution in [3.63, 3.8) is 0 Å². The van der Waals surface area contributed by atoms with Gasteiger partial charge in [0.25, 0.3) is 0 Å². The Bertz CT molecular complexity index is 1090. The minimum Gasteiger partial charge on any atom is -0.404 e. The minimum absolute atomic E-state index is 0.150. The topological polar surface area (TPSA) is 29.5 Å². The molecule has 3 aromatic carbocycles. The predicted octanol–water partition coefficient (Wildman–Crippen LogP) is 5.49. The first-order chi connectivity index (χ1) is 13.3. The van der Waals surface area contributed by atoms with E-state index in [9.17, 15) is 4.79 Å². The van der Waals surface area contributed by atoms with Gasteiger partial charge >= 0.3 is 0 Å².